The summed E-state index contributed by atoms with van der Waals surface area (Å²) in [5, 5.41) is 0.670. The number of thiazole rings is 1. The van der Waals surface area contributed by atoms with Crippen LogP contribution in [0, 0.1) is 0 Å². The molecule has 28 heavy (non-hydrogen) atoms. The van der Waals surface area contributed by atoms with Crippen molar-refractivity contribution < 1.29 is 9.53 Å². The molecule has 6 nitrogen and oxygen atoms in total. The number of aromatic nitrogens is 3. The summed E-state index contributed by atoms with van der Waals surface area (Å²) in [6.45, 7) is 1.32. The minimum atomic E-state index is -0.0893. The van der Waals surface area contributed by atoms with Crippen LogP contribution >= 0.6 is 34.3 Å². The van der Waals surface area contributed by atoms with E-state index in [0.29, 0.717) is 20.9 Å². The van der Waals surface area contributed by atoms with Crippen molar-refractivity contribution in [1.29, 1.82) is 0 Å². The van der Waals surface area contributed by atoms with Crippen LogP contribution in [0.15, 0.2) is 49.1 Å². The predicted octanol–water partition coefficient (Wildman–Crippen LogP) is 4.95. The van der Waals surface area contributed by atoms with Gasteiger partial charge in [0.15, 0.2) is 5.13 Å². The number of methoxy groups -OCH3 is 1. The largest absolute Gasteiger partial charge is 0.497 e. The van der Waals surface area contributed by atoms with Crippen LogP contribution in [0.5, 0.6) is 5.75 Å². The number of nitrogens with zero attached hydrogens (tertiary/aromatic N) is 4. The maximum atomic E-state index is 13.2. The molecule has 0 saturated heterocycles. The van der Waals surface area contributed by atoms with Crippen molar-refractivity contribution in [3.63, 3.8) is 0 Å². The van der Waals surface area contributed by atoms with Gasteiger partial charge in [0.25, 0.3) is 5.91 Å². The molecule has 0 N–H and O–H groups in total. The number of hydrogen-bond donors (Lipinski definition) is 0. The van der Waals surface area contributed by atoms with E-state index in [4.69, 9.17) is 16.3 Å². The lowest BCUT2D eigenvalue weighted by molar-refractivity contribution is 0.0990. The number of halogens is 1. The van der Waals surface area contributed by atoms with E-state index in [0.717, 1.165) is 28.9 Å². The Bertz CT molecular complexity index is 1090. The van der Waals surface area contributed by atoms with Crippen LogP contribution in [0.3, 0.4) is 0 Å². The first kappa shape index (κ1) is 18.9. The zero-order chi connectivity index (χ0) is 19.5. The summed E-state index contributed by atoms with van der Waals surface area (Å²) < 4.78 is 8.86. The van der Waals surface area contributed by atoms with Gasteiger partial charge in [-0.25, -0.2) is 9.97 Å². The van der Waals surface area contributed by atoms with E-state index < -0.39 is 0 Å². The average molecular weight is 433 g/mol. The number of hydrogen-bond acceptors (Lipinski definition) is 6. The van der Waals surface area contributed by atoms with E-state index in [9.17, 15) is 4.79 Å². The van der Waals surface area contributed by atoms with Gasteiger partial charge in [0.05, 0.1) is 32.9 Å². The van der Waals surface area contributed by atoms with Crippen molar-refractivity contribution >= 4 is 55.5 Å². The highest BCUT2D eigenvalue weighted by Gasteiger charge is 2.22. The number of benzene rings is 1. The van der Waals surface area contributed by atoms with Gasteiger partial charge in [-0.3, -0.25) is 9.69 Å². The SMILES string of the molecule is COc1ccc2nc(N(CCCn3ccnc3)C(=O)c3ccc(Cl)s3)sc2c1. The van der Waals surface area contributed by atoms with Crippen molar-refractivity contribution in [2.45, 2.75) is 13.0 Å². The molecule has 144 valence electrons. The van der Waals surface area contributed by atoms with Gasteiger partial charge in [-0.2, -0.15) is 0 Å². The maximum Gasteiger partial charge on any atom is 0.270 e. The van der Waals surface area contributed by atoms with Gasteiger partial charge in [0.2, 0.25) is 0 Å². The molecule has 0 spiro atoms. The van der Waals surface area contributed by atoms with Gasteiger partial charge in [-0.15, -0.1) is 11.3 Å². The number of ether oxygens (including phenoxy) is 1. The molecule has 1 aromatic carbocycles. The van der Waals surface area contributed by atoms with Crippen LogP contribution in [0.1, 0.15) is 16.1 Å². The molecule has 0 aliphatic rings. The predicted molar refractivity (Wildman–Crippen MR) is 114 cm³/mol. The van der Waals surface area contributed by atoms with Crippen LogP contribution in [-0.2, 0) is 6.54 Å². The van der Waals surface area contributed by atoms with Crippen LogP contribution in [0.4, 0.5) is 5.13 Å². The smallest absolute Gasteiger partial charge is 0.270 e. The topological polar surface area (TPSA) is 60.2 Å². The molecule has 0 radical (unpaired) electrons. The van der Waals surface area contributed by atoms with Gasteiger partial charge < -0.3 is 9.30 Å². The molecule has 0 atom stereocenters. The number of aryl methyl sites for hydroxylation is 1. The van der Waals surface area contributed by atoms with Crippen LogP contribution in [-0.4, -0.2) is 34.1 Å². The minimum absolute atomic E-state index is 0.0893. The standard InChI is InChI=1S/C19H17ClN4O2S2/c1-26-13-3-4-14-16(11-13)28-19(22-14)24(9-2-8-23-10-7-21-12-23)18(25)15-5-6-17(20)27-15/h3-7,10-12H,2,8-9H2,1H3. The second-order valence-electron chi connectivity index (χ2n) is 6.04. The van der Waals surface area contributed by atoms with E-state index in [1.807, 2.05) is 29.0 Å². The van der Waals surface area contributed by atoms with E-state index in [-0.39, 0.29) is 5.91 Å². The number of imidazole rings is 1. The van der Waals surface area contributed by atoms with Gasteiger partial charge >= 0.3 is 0 Å². The highest BCUT2D eigenvalue weighted by molar-refractivity contribution is 7.22. The molecule has 0 saturated carbocycles. The van der Waals surface area contributed by atoms with Crippen molar-refractivity contribution in [2.75, 3.05) is 18.6 Å². The molecular weight excluding hydrogens is 416 g/mol. The Morgan fingerprint density at radius 2 is 2.18 bits per heavy atom. The van der Waals surface area contributed by atoms with Gasteiger partial charge in [0.1, 0.15) is 5.75 Å². The molecule has 0 aliphatic heterocycles. The molecule has 0 bridgehead atoms. The zero-order valence-electron chi connectivity index (χ0n) is 15.0. The van der Waals surface area contributed by atoms with Crippen LogP contribution in [0.25, 0.3) is 10.2 Å². The molecule has 1 amide bonds. The van der Waals surface area contributed by atoms with Gasteiger partial charge in [-0.1, -0.05) is 22.9 Å². The lowest BCUT2D eigenvalue weighted by Gasteiger charge is -2.19. The van der Waals surface area contributed by atoms with Crippen molar-refractivity contribution in [2.24, 2.45) is 0 Å². The molecule has 4 aromatic rings. The second-order valence-corrected chi connectivity index (χ2v) is 8.77. The molecule has 3 heterocycles. The summed E-state index contributed by atoms with van der Waals surface area (Å²) in [7, 11) is 1.63. The lowest BCUT2D eigenvalue weighted by atomic mass is 10.3. The Morgan fingerprint density at radius 1 is 1.29 bits per heavy atom. The fourth-order valence-electron chi connectivity index (χ4n) is 2.81. The Kier molecular flexibility index (Phi) is 5.61. The average Bonchev–Trinajstić information content (AvgIpc) is 3.44. The van der Waals surface area contributed by atoms with E-state index in [1.54, 1.807) is 36.7 Å². The molecule has 0 fully saturated rings. The molecule has 4 rings (SSSR count). The third-order valence-electron chi connectivity index (χ3n) is 4.20. The fraction of sp³-hybridized carbons (Fsp3) is 0.211. The highest BCUT2D eigenvalue weighted by atomic mass is 35.5. The Hall–Kier alpha value is -2.42. The van der Waals surface area contributed by atoms with E-state index >= 15 is 0 Å². The summed E-state index contributed by atoms with van der Waals surface area (Å²) >= 11 is 8.79. The Balaban J connectivity index is 1.62. The fourth-order valence-corrected chi connectivity index (χ4v) is 4.82. The minimum Gasteiger partial charge on any atom is -0.497 e. The number of carbonyl (C=O) groups is 1. The second kappa shape index (κ2) is 8.30. The highest BCUT2D eigenvalue weighted by Crippen LogP contribution is 2.33. The number of rotatable bonds is 7. The number of anilines is 1. The summed E-state index contributed by atoms with van der Waals surface area (Å²) in [4.78, 5) is 24.2. The van der Waals surface area contributed by atoms with E-state index in [1.165, 1.54) is 22.7 Å². The monoisotopic (exact) mass is 432 g/mol. The summed E-state index contributed by atoms with van der Waals surface area (Å²) in [5.74, 6) is 0.680. The first-order valence-electron chi connectivity index (χ1n) is 8.61. The third kappa shape index (κ3) is 4.04. The number of carbonyl (C=O) groups excluding carboxylic acids is 1. The number of thiophene rings is 1. The molecule has 9 heteroatoms. The maximum absolute atomic E-state index is 13.2. The van der Waals surface area contributed by atoms with Crippen molar-refractivity contribution in [3.8, 4) is 5.75 Å². The lowest BCUT2D eigenvalue weighted by Crippen LogP contribution is -2.31. The van der Waals surface area contributed by atoms with Crippen LogP contribution in [0.2, 0.25) is 4.34 Å². The van der Waals surface area contributed by atoms with Crippen molar-refractivity contribution in [1.82, 2.24) is 14.5 Å². The first-order valence-corrected chi connectivity index (χ1v) is 10.6. The van der Waals surface area contributed by atoms with Crippen molar-refractivity contribution in [3.05, 3.63) is 58.3 Å². The summed E-state index contributed by atoms with van der Waals surface area (Å²) in [6, 6.07) is 9.22. The Morgan fingerprint density at radius 3 is 2.89 bits per heavy atom. The number of fused-ring (bicyclic) bond motifs is 1. The first-order chi connectivity index (χ1) is 13.6. The molecular formula is C19H17ClN4O2S2. The normalized spacial score (nSPS) is 11.1. The summed E-state index contributed by atoms with van der Waals surface area (Å²) in [6.07, 6.45) is 6.21. The molecule has 0 aliphatic carbocycles. The third-order valence-corrected chi connectivity index (χ3v) is 6.46. The zero-order valence-corrected chi connectivity index (χ0v) is 17.4. The summed E-state index contributed by atoms with van der Waals surface area (Å²) in [5.41, 5.74) is 0.845. The van der Waals surface area contributed by atoms with Gasteiger partial charge in [0, 0.05) is 25.5 Å². The quantitative estimate of drug-likeness (QED) is 0.414. The molecule has 3 aromatic heterocycles. The van der Waals surface area contributed by atoms with Crippen LogP contribution < -0.4 is 9.64 Å². The molecule has 0 unspecified atom stereocenters. The van der Waals surface area contributed by atoms with E-state index in [2.05, 4.69) is 9.97 Å². The Labute approximate surface area is 175 Å². The number of amides is 1. The van der Waals surface area contributed by atoms with Gasteiger partial charge in [-0.05, 0) is 36.8 Å².